The van der Waals surface area contributed by atoms with Crippen LogP contribution in [0, 0.1) is 0 Å². The molecular weight excluding hydrogens is 264 g/mol. The van der Waals surface area contributed by atoms with Gasteiger partial charge in [-0.2, -0.15) is 0 Å². The SMILES string of the molecule is CC(C)N1C(=O)c2ccccc2C1C(=O)NC1CCCC1. The summed E-state index contributed by atoms with van der Waals surface area (Å²) in [4.78, 5) is 27.0. The topological polar surface area (TPSA) is 49.4 Å². The molecule has 1 aromatic rings. The van der Waals surface area contributed by atoms with Crippen LogP contribution in [-0.4, -0.2) is 28.8 Å². The van der Waals surface area contributed by atoms with E-state index >= 15 is 0 Å². The van der Waals surface area contributed by atoms with Crippen LogP contribution in [0.25, 0.3) is 0 Å². The lowest BCUT2D eigenvalue weighted by Crippen LogP contribution is -2.45. The number of amides is 2. The number of nitrogens with one attached hydrogen (secondary N) is 1. The molecule has 0 spiro atoms. The molecule has 4 nitrogen and oxygen atoms in total. The van der Waals surface area contributed by atoms with Gasteiger partial charge in [0.15, 0.2) is 0 Å². The summed E-state index contributed by atoms with van der Waals surface area (Å²) in [6, 6.07) is 7.26. The van der Waals surface area contributed by atoms with Crippen molar-refractivity contribution in [1.82, 2.24) is 10.2 Å². The smallest absolute Gasteiger partial charge is 0.255 e. The lowest BCUT2D eigenvalue weighted by atomic mass is 10.0. The quantitative estimate of drug-likeness (QED) is 0.928. The van der Waals surface area contributed by atoms with Crippen molar-refractivity contribution in [3.8, 4) is 0 Å². The molecule has 1 fully saturated rings. The van der Waals surface area contributed by atoms with Crippen molar-refractivity contribution in [2.24, 2.45) is 0 Å². The largest absolute Gasteiger partial charge is 0.351 e. The molecule has 1 N–H and O–H groups in total. The highest BCUT2D eigenvalue weighted by molar-refractivity contribution is 6.04. The van der Waals surface area contributed by atoms with E-state index in [0.717, 1.165) is 18.4 Å². The van der Waals surface area contributed by atoms with Crippen LogP contribution in [0.4, 0.5) is 0 Å². The summed E-state index contributed by atoms with van der Waals surface area (Å²) in [5, 5.41) is 3.13. The zero-order valence-corrected chi connectivity index (χ0v) is 12.6. The predicted octanol–water partition coefficient (Wildman–Crippen LogP) is 2.65. The molecule has 3 rings (SSSR count). The number of hydrogen-bond donors (Lipinski definition) is 1. The maximum Gasteiger partial charge on any atom is 0.255 e. The Morgan fingerprint density at radius 1 is 1.24 bits per heavy atom. The first-order chi connectivity index (χ1) is 10.1. The second-order valence-electron chi connectivity index (χ2n) is 6.29. The number of nitrogens with zero attached hydrogens (tertiary/aromatic N) is 1. The number of hydrogen-bond acceptors (Lipinski definition) is 2. The molecule has 112 valence electrons. The van der Waals surface area contributed by atoms with Crippen LogP contribution < -0.4 is 5.32 Å². The number of rotatable bonds is 3. The summed E-state index contributed by atoms with van der Waals surface area (Å²) in [6.45, 7) is 3.92. The van der Waals surface area contributed by atoms with E-state index in [0.29, 0.717) is 5.56 Å². The van der Waals surface area contributed by atoms with E-state index in [2.05, 4.69) is 5.32 Å². The monoisotopic (exact) mass is 286 g/mol. The summed E-state index contributed by atoms with van der Waals surface area (Å²) >= 11 is 0. The van der Waals surface area contributed by atoms with Crippen LogP contribution in [-0.2, 0) is 4.79 Å². The minimum atomic E-state index is -0.477. The first-order valence-electron chi connectivity index (χ1n) is 7.81. The molecule has 0 bridgehead atoms. The maximum absolute atomic E-state index is 12.7. The van der Waals surface area contributed by atoms with Gasteiger partial charge in [0.1, 0.15) is 6.04 Å². The summed E-state index contributed by atoms with van der Waals surface area (Å²) in [5.74, 6) is -0.0685. The molecule has 1 unspecified atom stereocenters. The maximum atomic E-state index is 12.7. The molecule has 1 aromatic carbocycles. The molecule has 1 aliphatic carbocycles. The fourth-order valence-electron chi connectivity index (χ4n) is 3.49. The van der Waals surface area contributed by atoms with Gasteiger partial charge in [0, 0.05) is 17.6 Å². The third-order valence-corrected chi connectivity index (χ3v) is 4.50. The summed E-state index contributed by atoms with van der Waals surface area (Å²) in [5.41, 5.74) is 1.50. The molecule has 1 aliphatic heterocycles. The molecule has 2 aliphatic rings. The fourth-order valence-corrected chi connectivity index (χ4v) is 3.49. The second-order valence-corrected chi connectivity index (χ2v) is 6.29. The van der Waals surface area contributed by atoms with Gasteiger partial charge in [-0.25, -0.2) is 0 Å². The molecule has 0 aromatic heterocycles. The normalized spacial score (nSPS) is 22.0. The second kappa shape index (κ2) is 5.51. The Kier molecular flexibility index (Phi) is 3.70. The van der Waals surface area contributed by atoms with Gasteiger partial charge in [0.2, 0.25) is 5.91 Å². The minimum Gasteiger partial charge on any atom is -0.351 e. The number of fused-ring (bicyclic) bond motifs is 1. The standard InChI is InChI=1S/C17H22N2O2/c1-11(2)19-15(16(20)18-12-7-3-4-8-12)13-9-5-6-10-14(13)17(19)21/h5-6,9-12,15H,3-4,7-8H2,1-2H3,(H,18,20). The van der Waals surface area contributed by atoms with Crippen molar-refractivity contribution in [3.05, 3.63) is 35.4 Å². The van der Waals surface area contributed by atoms with E-state index in [1.54, 1.807) is 4.90 Å². The van der Waals surface area contributed by atoms with E-state index in [1.165, 1.54) is 12.8 Å². The third kappa shape index (κ3) is 2.43. The number of carbonyl (C=O) groups is 2. The molecule has 1 heterocycles. The lowest BCUT2D eigenvalue weighted by Gasteiger charge is -2.29. The molecule has 1 saturated carbocycles. The Balaban J connectivity index is 1.90. The Labute approximate surface area is 125 Å². The molecule has 2 amide bonds. The van der Waals surface area contributed by atoms with Crippen LogP contribution >= 0.6 is 0 Å². The Hall–Kier alpha value is -1.84. The summed E-state index contributed by atoms with van der Waals surface area (Å²) in [6.07, 6.45) is 4.46. The van der Waals surface area contributed by atoms with Crippen molar-refractivity contribution in [2.45, 2.75) is 57.7 Å². The Morgan fingerprint density at radius 3 is 2.57 bits per heavy atom. The first-order valence-corrected chi connectivity index (χ1v) is 7.81. The molecule has 0 saturated heterocycles. The zero-order valence-electron chi connectivity index (χ0n) is 12.6. The van der Waals surface area contributed by atoms with Gasteiger partial charge in [0.25, 0.3) is 5.91 Å². The van der Waals surface area contributed by atoms with Crippen molar-refractivity contribution >= 4 is 11.8 Å². The average molecular weight is 286 g/mol. The molecular formula is C17H22N2O2. The fraction of sp³-hybridized carbons (Fsp3) is 0.529. The van der Waals surface area contributed by atoms with Crippen LogP contribution in [0.2, 0.25) is 0 Å². The zero-order chi connectivity index (χ0) is 15.0. The highest BCUT2D eigenvalue weighted by Gasteiger charge is 2.42. The van der Waals surface area contributed by atoms with Gasteiger partial charge < -0.3 is 10.2 Å². The van der Waals surface area contributed by atoms with Gasteiger partial charge >= 0.3 is 0 Å². The van der Waals surface area contributed by atoms with E-state index in [9.17, 15) is 9.59 Å². The third-order valence-electron chi connectivity index (χ3n) is 4.50. The molecule has 4 heteroatoms. The van der Waals surface area contributed by atoms with Gasteiger partial charge in [-0.1, -0.05) is 31.0 Å². The van der Waals surface area contributed by atoms with Crippen LogP contribution in [0.1, 0.15) is 61.5 Å². The van der Waals surface area contributed by atoms with Crippen molar-refractivity contribution in [3.63, 3.8) is 0 Å². The summed E-state index contributed by atoms with van der Waals surface area (Å²) in [7, 11) is 0. The molecule has 0 radical (unpaired) electrons. The highest BCUT2D eigenvalue weighted by Crippen LogP contribution is 2.35. The van der Waals surface area contributed by atoms with Gasteiger partial charge in [-0.3, -0.25) is 9.59 Å². The average Bonchev–Trinajstić information content (AvgIpc) is 3.05. The molecule has 1 atom stereocenters. The van der Waals surface area contributed by atoms with E-state index in [1.807, 2.05) is 38.1 Å². The lowest BCUT2D eigenvalue weighted by molar-refractivity contribution is -0.126. The highest BCUT2D eigenvalue weighted by atomic mass is 16.2. The Bertz CT molecular complexity index is 562. The van der Waals surface area contributed by atoms with Gasteiger partial charge in [0.05, 0.1) is 0 Å². The van der Waals surface area contributed by atoms with Crippen molar-refractivity contribution in [2.75, 3.05) is 0 Å². The number of carbonyl (C=O) groups excluding carboxylic acids is 2. The van der Waals surface area contributed by atoms with Crippen LogP contribution in [0.15, 0.2) is 24.3 Å². The van der Waals surface area contributed by atoms with E-state index in [4.69, 9.17) is 0 Å². The predicted molar refractivity (Wildman–Crippen MR) is 80.9 cm³/mol. The summed E-state index contributed by atoms with van der Waals surface area (Å²) < 4.78 is 0. The van der Waals surface area contributed by atoms with E-state index < -0.39 is 6.04 Å². The number of benzene rings is 1. The Morgan fingerprint density at radius 2 is 1.90 bits per heavy atom. The van der Waals surface area contributed by atoms with Gasteiger partial charge in [-0.05, 0) is 38.3 Å². The van der Waals surface area contributed by atoms with E-state index in [-0.39, 0.29) is 23.9 Å². The van der Waals surface area contributed by atoms with Crippen LogP contribution in [0.3, 0.4) is 0 Å². The van der Waals surface area contributed by atoms with Crippen LogP contribution in [0.5, 0.6) is 0 Å². The molecule has 21 heavy (non-hydrogen) atoms. The minimum absolute atomic E-state index is 0.00391. The van der Waals surface area contributed by atoms with Crippen molar-refractivity contribution < 1.29 is 9.59 Å². The van der Waals surface area contributed by atoms with Crippen molar-refractivity contribution in [1.29, 1.82) is 0 Å². The first kappa shape index (κ1) is 14.1. The van der Waals surface area contributed by atoms with Gasteiger partial charge in [-0.15, -0.1) is 0 Å².